The maximum atomic E-state index is 6.35. The van der Waals surface area contributed by atoms with Gasteiger partial charge in [0.25, 0.3) is 6.92 Å². The molecule has 2 fully saturated rings. The van der Waals surface area contributed by atoms with Gasteiger partial charge in [-0.1, -0.05) is 49.4 Å². The second kappa shape index (κ2) is 6.32. The van der Waals surface area contributed by atoms with E-state index in [2.05, 4.69) is 12.1 Å². The van der Waals surface area contributed by atoms with E-state index in [1.807, 2.05) is 12.1 Å². The molecule has 0 radical (unpaired) electrons. The minimum absolute atomic E-state index is 0.491. The number of fused-ring (bicyclic) bond motifs is 3. The number of benzene rings is 1. The molecular formula is C16H22BClO. The van der Waals surface area contributed by atoms with Gasteiger partial charge >= 0.3 is 0 Å². The van der Waals surface area contributed by atoms with Gasteiger partial charge in [0, 0.05) is 11.1 Å². The molecule has 2 saturated heterocycles. The van der Waals surface area contributed by atoms with Crippen molar-refractivity contribution in [1.29, 1.82) is 0 Å². The zero-order valence-electron chi connectivity index (χ0n) is 11.5. The largest absolute Gasteiger partial charge is 0.433 e. The van der Waals surface area contributed by atoms with Gasteiger partial charge in [0.15, 0.2) is 0 Å². The van der Waals surface area contributed by atoms with Crippen molar-refractivity contribution in [3.63, 3.8) is 0 Å². The summed E-state index contributed by atoms with van der Waals surface area (Å²) in [6, 6.07) is 8.27. The predicted octanol–water partition coefficient (Wildman–Crippen LogP) is 5.00. The smallest absolute Gasteiger partial charge is 0.296 e. The molecule has 0 N–H and O–H groups in total. The highest BCUT2D eigenvalue weighted by molar-refractivity contribution is 6.53. The molecule has 1 nitrogen and oxygen atoms in total. The molecule has 0 aliphatic carbocycles. The first-order valence-corrected chi connectivity index (χ1v) is 8.09. The Morgan fingerprint density at radius 3 is 2.42 bits per heavy atom. The van der Waals surface area contributed by atoms with Gasteiger partial charge in [-0.2, -0.15) is 0 Å². The number of rotatable bonds is 3. The molecule has 0 spiro atoms. The highest BCUT2D eigenvalue weighted by Crippen LogP contribution is 2.37. The summed E-state index contributed by atoms with van der Waals surface area (Å²) in [5.74, 6) is 0.805. The Morgan fingerprint density at radius 1 is 1.05 bits per heavy atom. The summed E-state index contributed by atoms with van der Waals surface area (Å²) in [4.78, 5) is 0. The third-order valence-electron chi connectivity index (χ3n) is 4.73. The molecule has 3 heteroatoms. The van der Waals surface area contributed by atoms with Crippen LogP contribution in [0.25, 0.3) is 0 Å². The lowest BCUT2D eigenvalue weighted by molar-refractivity contribution is 0.187. The van der Waals surface area contributed by atoms with E-state index in [9.17, 15) is 0 Å². The molecule has 2 bridgehead atoms. The van der Waals surface area contributed by atoms with Crippen LogP contribution in [0.5, 0.6) is 0 Å². The van der Waals surface area contributed by atoms with Crippen LogP contribution in [-0.4, -0.2) is 13.0 Å². The van der Waals surface area contributed by atoms with E-state index >= 15 is 0 Å². The van der Waals surface area contributed by atoms with E-state index in [4.69, 9.17) is 16.3 Å². The van der Waals surface area contributed by atoms with Gasteiger partial charge < -0.3 is 4.65 Å². The average Bonchev–Trinajstić information content (AvgIpc) is 2.69. The second-order valence-corrected chi connectivity index (χ2v) is 6.52. The predicted molar refractivity (Wildman–Crippen MR) is 82.0 cm³/mol. The SMILES string of the molecule is Clc1ccc(CCB2OC3CCCC2CCC3)cc1. The zero-order valence-corrected chi connectivity index (χ0v) is 12.2. The zero-order chi connectivity index (χ0) is 13.1. The lowest BCUT2D eigenvalue weighted by Crippen LogP contribution is -2.26. The minimum Gasteiger partial charge on any atom is -0.433 e. The molecule has 0 saturated carbocycles. The molecule has 0 unspecified atom stereocenters. The molecule has 19 heavy (non-hydrogen) atoms. The van der Waals surface area contributed by atoms with Crippen molar-refractivity contribution in [2.75, 3.05) is 0 Å². The van der Waals surface area contributed by atoms with Crippen LogP contribution >= 0.6 is 11.6 Å². The lowest BCUT2D eigenvalue weighted by atomic mass is 9.50. The topological polar surface area (TPSA) is 9.23 Å². The molecular weight excluding hydrogens is 254 g/mol. The normalized spacial score (nSPS) is 27.1. The van der Waals surface area contributed by atoms with Gasteiger partial charge in [-0.05, 0) is 49.1 Å². The summed E-state index contributed by atoms with van der Waals surface area (Å²) in [5, 5.41) is 0.824. The van der Waals surface area contributed by atoms with Crippen LogP contribution in [0.4, 0.5) is 0 Å². The molecule has 102 valence electrons. The number of hydrogen-bond acceptors (Lipinski definition) is 1. The first-order chi connectivity index (χ1) is 9.31. The van der Waals surface area contributed by atoms with Gasteiger partial charge in [0.2, 0.25) is 0 Å². The lowest BCUT2D eigenvalue weighted by Gasteiger charge is -2.20. The molecule has 3 rings (SSSR count). The molecule has 0 aromatic heterocycles. The number of aryl methyl sites for hydroxylation is 1. The van der Waals surface area contributed by atoms with Crippen LogP contribution in [0.1, 0.15) is 44.1 Å². The Morgan fingerprint density at radius 2 is 1.74 bits per heavy atom. The summed E-state index contributed by atoms with van der Waals surface area (Å²) in [7, 11) is 0. The Labute approximate surface area is 121 Å². The monoisotopic (exact) mass is 276 g/mol. The van der Waals surface area contributed by atoms with Crippen molar-refractivity contribution >= 4 is 18.5 Å². The van der Waals surface area contributed by atoms with Crippen LogP contribution in [0, 0.1) is 0 Å². The Balaban J connectivity index is 1.60. The average molecular weight is 277 g/mol. The van der Waals surface area contributed by atoms with Crippen molar-refractivity contribution in [3.8, 4) is 0 Å². The van der Waals surface area contributed by atoms with E-state index in [0.717, 1.165) is 17.3 Å². The standard InChI is InChI=1S/C16H22BClO/c18-15-9-7-13(8-10-15)11-12-17-14-3-1-5-16(19-17)6-2-4-14/h7-10,14,16H,1-6,11-12H2. The van der Waals surface area contributed by atoms with Gasteiger partial charge in [0.1, 0.15) is 0 Å². The highest BCUT2D eigenvalue weighted by atomic mass is 35.5. The van der Waals surface area contributed by atoms with Crippen LogP contribution in [-0.2, 0) is 11.1 Å². The Hall–Kier alpha value is -0.465. The quantitative estimate of drug-likeness (QED) is 0.706. The Kier molecular flexibility index (Phi) is 4.50. The van der Waals surface area contributed by atoms with E-state index in [1.165, 1.54) is 50.4 Å². The molecule has 0 atom stereocenters. The van der Waals surface area contributed by atoms with Crippen molar-refractivity contribution in [1.82, 2.24) is 0 Å². The fourth-order valence-corrected chi connectivity index (χ4v) is 3.76. The second-order valence-electron chi connectivity index (χ2n) is 6.08. The minimum atomic E-state index is 0.491. The van der Waals surface area contributed by atoms with Crippen molar-refractivity contribution < 1.29 is 4.65 Å². The molecule has 0 amide bonds. The fourth-order valence-electron chi connectivity index (χ4n) is 3.63. The maximum absolute atomic E-state index is 6.35. The van der Waals surface area contributed by atoms with E-state index in [-0.39, 0.29) is 0 Å². The third kappa shape index (κ3) is 3.55. The van der Waals surface area contributed by atoms with E-state index in [1.54, 1.807) is 0 Å². The molecule has 2 aliphatic rings. The summed E-state index contributed by atoms with van der Waals surface area (Å²) in [6.07, 6.45) is 10.9. The number of halogens is 1. The molecule has 2 heterocycles. The molecule has 1 aromatic rings. The van der Waals surface area contributed by atoms with Crippen molar-refractivity contribution in [2.24, 2.45) is 0 Å². The molecule has 2 aliphatic heterocycles. The van der Waals surface area contributed by atoms with Crippen LogP contribution in [0.3, 0.4) is 0 Å². The van der Waals surface area contributed by atoms with Crippen molar-refractivity contribution in [2.45, 2.75) is 63.2 Å². The summed E-state index contributed by atoms with van der Waals surface area (Å²) >= 11 is 5.93. The van der Waals surface area contributed by atoms with Crippen molar-refractivity contribution in [3.05, 3.63) is 34.9 Å². The van der Waals surface area contributed by atoms with E-state index < -0.39 is 0 Å². The van der Waals surface area contributed by atoms with E-state index in [0.29, 0.717) is 13.0 Å². The van der Waals surface area contributed by atoms with Crippen LogP contribution in [0.15, 0.2) is 24.3 Å². The van der Waals surface area contributed by atoms with Gasteiger partial charge in [-0.15, -0.1) is 0 Å². The van der Waals surface area contributed by atoms with Gasteiger partial charge in [-0.25, -0.2) is 0 Å². The maximum Gasteiger partial charge on any atom is 0.296 e. The van der Waals surface area contributed by atoms with Crippen LogP contribution in [0.2, 0.25) is 17.2 Å². The summed E-state index contributed by atoms with van der Waals surface area (Å²) in [6.45, 7) is 0.491. The first kappa shape index (κ1) is 13.5. The van der Waals surface area contributed by atoms with Gasteiger partial charge in [0.05, 0.1) is 0 Å². The van der Waals surface area contributed by atoms with Gasteiger partial charge in [-0.3, -0.25) is 0 Å². The van der Waals surface area contributed by atoms with Crippen LogP contribution < -0.4 is 0 Å². The highest BCUT2D eigenvalue weighted by Gasteiger charge is 2.34. The summed E-state index contributed by atoms with van der Waals surface area (Å²) < 4.78 is 6.35. The Bertz CT molecular complexity index is 396. The number of hydrogen-bond donors (Lipinski definition) is 0. The third-order valence-corrected chi connectivity index (χ3v) is 4.98. The fraction of sp³-hybridized carbons (Fsp3) is 0.625. The molecule has 1 aromatic carbocycles. The first-order valence-electron chi connectivity index (χ1n) is 7.71. The summed E-state index contributed by atoms with van der Waals surface area (Å²) in [5.41, 5.74) is 1.38.